The van der Waals surface area contributed by atoms with Gasteiger partial charge >= 0.3 is 17.9 Å². The van der Waals surface area contributed by atoms with Crippen LogP contribution in [-0.4, -0.2) is 37.2 Å². The molecule has 0 bridgehead atoms. The highest BCUT2D eigenvalue weighted by Crippen LogP contribution is 2.18. The van der Waals surface area contributed by atoms with Gasteiger partial charge in [-0.2, -0.15) is 0 Å². The first-order valence-corrected chi connectivity index (χ1v) is 29.2. The van der Waals surface area contributed by atoms with Gasteiger partial charge in [-0.25, -0.2) is 0 Å². The summed E-state index contributed by atoms with van der Waals surface area (Å²) < 4.78 is 16.9. The van der Waals surface area contributed by atoms with E-state index < -0.39 is 6.10 Å². The molecule has 0 aliphatic rings. The topological polar surface area (TPSA) is 78.9 Å². The zero-order valence-electron chi connectivity index (χ0n) is 44.6. The Balaban J connectivity index is 4.30. The molecule has 0 aromatic carbocycles. The van der Waals surface area contributed by atoms with Gasteiger partial charge in [0.1, 0.15) is 13.2 Å². The van der Waals surface area contributed by atoms with Crippen LogP contribution in [0.2, 0.25) is 0 Å². The summed E-state index contributed by atoms with van der Waals surface area (Å²) >= 11 is 0. The number of carbonyl (C=O) groups is 3. The lowest BCUT2D eigenvalue weighted by Crippen LogP contribution is -2.30. The fraction of sp³-hybridized carbons (Fsp3) is 0.949. The molecule has 0 spiro atoms. The second kappa shape index (κ2) is 51.8. The van der Waals surface area contributed by atoms with Crippen LogP contribution < -0.4 is 0 Å². The Morgan fingerprint density at radius 3 is 0.754 bits per heavy atom. The van der Waals surface area contributed by atoms with Crippen LogP contribution in [0.1, 0.15) is 330 Å². The summed E-state index contributed by atoms with van der Waals surface area (Å²) in [5.74, 6) is 0.832. The van der Waals surface area contributed by atoms with Gasteiger partial charge in [0.15, 0.2) is 6.10 Å². The van der Waals surface area contributed by atoms with E-state index in [1.54, 1.807) is 0 Å². The number of hydrogen-bond acceptors (Lipinski definition) is 6. The standard InChI is InChI=1S/C59H114O6/c1-6-7-8-9-10-11-12-13-14-15-19-24-29-34-39-44-49-57(60)63-52-56(53-64-58(61)50-45-40-35-30-26-21-23-28-33-38-43-48-55(4)5)65-59(62)51-46-41-36-31-25-20-17-16-18-22-27-32-37-42-47-54(2)3/h54-56H,6-53H2,1-5H3/t56-/m1/s1. The first-order chi connectivity index (χ1) is 31.7. The average Bonchev–Trinajstić information content (AvgIpc) is 3.28. The molecule has 0 saturated heterocycles. The smallest absolute Gasteiger partial charge is 0.306 e. The monoisotopic (exact) mass is 919 g/mol. The molecule has 6 heteroatoms. The predicted molar refractivity (Wildman–Crippen MR) is 280 cm³/mol. The molecule has 6 nitrogen and oxygen atoms in total. The highest BCUT2D eigenvalue weighted by atomic mass is 16.6. The van der Waals surface area contributed by atoms with E-state index in [9.17, 15) is 14.4 Å². The summed E-state index contributed by atoms with van der Waals surface area (Å²) in [6.45, 7) is 11.4. The summed E-state index contributed by atoms with van der Waals surface area (Å²) in [6, 6.07) is 0. The lowest BCUT2D eigenvalue weighted by atomic mass is 10.0. The zero-order chi connectivity index (χ0) is 47.5. The predicted octanol–water partition coefficient (Wildman–Crippen LogP) is 19.3. The SMILES string of the molecule is CCCCCCCCCCCCCCCCCCC(=O)OC[C@H](COC(=O)CCCCCCCCCCCCCC(C)C)OC(=O)CCCCCCCCCCCCCCCCC(C)C. The second-order valence-corrected chi connectivity index (χ2v) is 21.2. The Hall–Kier alpha value is -1.59. The minimum atomic E-state index is -0.763. The van der Waals surface area contributed by atoms with Gasteiger partial charge < -0.3 is 14.2 Å². The van der Waals surface area contributed by atoms with Gasteiger partial charge in [-0.3, -0.25) is 14.4 Å². The van der Waals surface area contributed by atoms with Crippen molar-refractivity contribution in [1.82, 2.24) is 0 Å². The summed E-state index contributed by atoms with van der Waals surface area (Å²) in [5, 5.41) is 0. The van der Waals surface area contributed by atoms with Crippen molar-refractivity contribution in [2.75, 3.05) is 13.2 Å². The highest BCUT2D eigenvalue weighted by Gasteiger charge is 2.19. The minimum absolute atomic E-state index is 0.0625. The fourth-order valence-corrected chi connectivity index (χ4v) is 9.05. The summed E-state index contributed by atoms with van der Waals surface area (Å²) in [7, 11) is 0. The third-order valence-electron chi connectivity index (χ3n) is 13.5. The van der Waals surface area contributed by atoms with E-state index in [-0.39, 0.29) is 31.1 Å². The molecular weight excluding hydrogens is 805 g/mol. The Kier molecular flexibility index (Phi) is 50.5. The van der Waals surface area contributed by atoms with Crippen molar-refractivity contribution in [3.63, 3.8) is 0 Å². The lowest BCUT2D eigenvalue weighted by Gasteiger charge is -2.18. The van der Waals surface area contributed by atoms with Crippen molar-refractivity contribution in [1.29, 1.82) is 0 Å². The summed E-state index contributed by atoms with van der Waals surface area (Å²) in [6.07, 6.45) is 55.2. The van der Waals surface area contributed by atoms with E-state index in [1.807, 2.05) is 0 Å². The zero-order valence-corrected chi connectivity index (χ0v) is 44.6. The third-order valence-corrected chi connectivity index (χ3v) is 13.5. The highest BCUT2D eigenvalue weighted by molar-refractivity contribution is 5.71. The number of esters is 3. The van der Waals surface area contributed by atoms with Crippen LogP contribution in [0.25, 0.3) is 0 Å². The Morgan fingerprint density at radius 2 is 0.508 bits per heavy atom. The van der Waals surface area contributed by atoms with Gasteiger partial charge in [0, 0.05) is 19.3 Å². The molecule has 1 atom stereocenters. The van der Waals surface area contributed by atoms with Gasteiger partial charge in [-0.05, 0) is 31.1 Å². The normalized spacial score (nSPS) is 12.0. The van der Waals surface area contributed by atoms with Crippen LogP contribution in [0.4, 0.5) is 0 Å². The molecule has 0 aromatic heterocycles. The maximum Gasteiger partial charge on any atom is 0.306 e. The van der Waals surface area contributed by atoms with Crippen molar-refractivity contribution in [3.05, 3.63) is 0 Å². The van der Waals surface area contributed by atoms with E-state index >= 15 is 0 Å². The lowest BCUT2D eigenvalue weighted by molar-refractivity contribution is -0.167. The molecule has 386 valence electrons. The Labute approximate surface area is 406 Å². The number of unbranched alkanes of at least 4 members (excludes halogenated alkanes) is 38. The Bertz CT molecular complexity index is 993. The quantitative estimate of drug-likeness (QED) is 0.0344. The van der Waals surface area contributed by atoms with Crippen LogP contribution in [-0.2, 0) is 28.6 Å². The molecule has 0 rings (SSSR count). The van der Waals surface area contributed by atoms with E-state index in [4.69, 9.17) is 14.2 Å². The van der Waals surface area contributed by atoms with E-state index in [0.717, 1.165) is 69.6 Å². The van der Waals surface area contributed by atoms with Crippen molar-refractivity contribution in [2.45, 2.75) is 336 Å². The van der Waals surface area contributed by atoms with Crippen LogP contribution >= 0.6 is 0 Å². The van der Waals surface area contributed by atoms with Crippen LogP contribution in [0.5, 0.6) is 0 Å². The van der Waals surface area contributed by atoms with Crippen LogP contribution in [0.15, 0.2) is 0 Å². The van der Waals surface area contributed by atoms with Crippen molar-refractivity contribution < 1.29 is 28.6 Å². The minimum Gasteiger partial charge on any atom is -0.462 e. The third kappa shape index (κ3) is 53.2. The molecule has 0 heterocycles. The first-order valence-electron chi connectivity index (χ1n) is 29.2. The average molecular weight is 920 g/mol. The number of carbonyl (C=O) groups excluding carboxylic acids is 3. The van der Waals surface area contributed by atoms with Crippen molar-refractivity contribution in [3.8, 4) is 0 Å². The summed E-state index contributed by atoms with van der Waals surface area (Å²) in [4.78, 5) is 38.2. The van der Waals surface area contributed by atoms with E-state index in [2.05, 4.69) is 34.6 Å². The second-order valence-electron chi connectivity index (χ2n) is 21.2. The molecule has 0 aliphatic heterocycles. The molecule has 0 saturated carbocycles. The molecular formula is C59H114O6. The molecule has 0 aromatic rings. The summed E-state index contributed by atoms with van der Waals surface area (Å²) in [5.41, 5.74) is 0. The number of ether oxygens (including phenoxy) is 3. The Morgan fingerprint density at radius 1 is 0.292 bits per heavy atom. The molecule has 0 N–H and O–H groups in total. The van der Waals surface area contributed by atoms with Gasteiger partial charge in [0.25, 0.3) is 0 Å². The van der Waals surface area contributed by atoms with Crippen LogP contribution in [0.3, 0.4) is 0 Å². The van der Waals surface area contributed by atoms with Crippen molar-refractivity contribution >= 4 is 17.9 Å². The van der Waals surface area contributed by atoms with E-state index in [0.29, 0.717) is 19.3 Å². The molecule has 0 fully saturated rings. The number of hydrogen-bond donors (Lipinski definition) is 0. The number of rotatable bonds is 53. The van der Waals surface area contributed by atoms with Gasteiger partial charge in [-0.1, -0.05) is 291 Å². The molecule has 0 unspecified atom stereocenters. The van der Waals surface area contributed by atoms with Crippen LogP contribution in [0, 0.1) is 11.8 Å². The maximum absolute atomic E-state index is 12.9. The van der Waals surface area contributed by atoms with Gasteiger partial charge in [-0.15, -0.1) is 0 Å². The van der Waals surface area contributed by atoms with Gasteiger partial charge in [0.2, 0.25) is 0 Å². The maximum atomic E-state index is 12.9. The largest absolute Gasteiger partial charge is 0.462 e. The van der Waals surface area contributed by atoms with Crippen molar-refractivity contribution in [2.24, 2.45) is 11.8 Å². The molecule has 0 aliphatic carbocycles. The van der Waals surface area contributed by atoms with Gasteiger partial charge in [0.05, 0.1) is 0 Å². The molecule has 0 amide bonds. The molecule has 0 radical (unpaired) electrons. The first kappa shape index (κ1) is 63.4. The molecule has 65 heavy (non-hydrogen) atoms. The van der Waals surface area contributed by atoms with E-state index in [1.165, 1.54) is 218 Å². The fourth-order valence-electron chi connectivity index (χ4n) is 9.05.